The van der Waals surface area contributed by atoms with Gasteiger partial charge in [0, 0.05) is 30.2 Å². The highest BCUT2D eigenvalue weighted by Crippen LogP contribution is 2.38. The summed E-state index contributed by atoms with van der Waals surface area (Å²) < 4.78 is 7.20. The van der Waals surface area contributed by atoms with E-state index in [0.29, 0.717) is 11.8 Å². The lowest BCUT2D eigenvalue weighted by molar-refractivity contribution is 0.0252. The van der Waals surface area contributed by atoms with Crippen molar-refractivity contribution in [2.45, 2.75) is 64.3 Å². The van der Waals surface area contributed by atoms with E-state index >= 15 is 0 Å². The third kappa shape index (κ3) is 3.81. The second kappa shape index (κ2) is 8.78. The number of benzene rings is 1. The van der Waals surface area contributed by atoms with E-state index in [2.05, 4.69) is 65.0 Å². The van der Waals surface area contributed by atoms with Crippen LogP contribution in [-0.2, 0) is 4.74 Å². The smallest absolute Gasteiger partial charge is 0.178 e. The molecule has 0 radical (unpaired) electrons. The predicted molar refractivity (Wildman–Crippen MR) is 134 cm³/mol. The van der Waals surface area contributed by atoms with Crippen LogP contribution in [0.4, 0.5) is 0 Å². The Morgan fingerprint density at radius 1 is 1.06 bits per heavy atom. The number of H-pyrrole nitrogens is 1. The fraction of sp³-hybridized carbons (Fsp3) is 0.519. The third-order valence-electron chi connectivity index (χ3n) is 7.84. The number of rotatable bonds is 4. The molecule has 0 spiro atoms. The Kier molecular flexibility index (Phi) is 5.62. The largest absolute Gasteiger partial charge is 0.381 e. The minimum atomic E-state index is 0.378. The molecule has 0 saturated carbocycles. The molecule has 0 aliphatic carbocycles. The summed E-state index contributed by atoms with van der Waals surface area (Å²) in [5, 5.41) is 10.4. The molecule has 4 aromatic rings. The number of ether oxygens (including phenoxy) is 1. The van der Waals surface area contributed by atoms with Gasteiger partial charge >= 0.3 is 0 Å². The summed E-state index contributed by atoms with van der Waals surface area (Å²) in [6.07, 6.45) is 6.41. The average molecular weight is 459 g/mol. The van der Waals surface area contributed by atoms with Crippen LogP contribution in [0.25, 0.3) is 27.9 Å². The van der Waals surface area contributed by atoms with Crippen LogP contribution in [0.2, 0.25) is 0 Å². The molecule has 1 aromatic carbocycles. The highest BCUT2D eigenvalue weighted by atomic mass is 16.5. The summed E-state index contributed by atoms with van der Waals surface area (Å²) in [6, 6.07) is 9.88. The molecule has 0 bridgehead atoms. The molecule has 0 atom stereocenters. The van der Waals surface area contributed by atoms with Crippen molar-refractivity contribution < 1.29 is 4.74 Å². The summed E-state index contributed by atoms with van der Waals surface area (Å²) in [7, 11) is 0. The topological polar surface area (TPSA) is 71.3 Å². The number of fused-ring (bicyclic) bond motifs is 2. The number of hydrogen-bond acceptors (Lipinski definition) is 5. The Hall–Kier alpha value is -2.77. The highest BCUT2D eigenvalue weighted by molar-refractivity contribution is 5.91. The lowest BCUT2D eigenvalue weighted by Gasteiger charge is -2.39. The van der Waals surface area contributed by atoms with Gasteiger partial charge in [0.15, 0.2) is 5.65 Å². The lowest BCUT2D eigenvalue weighted by atomic mass is 9.87. The van der Waals surface area contributed by atoms with Crippen molar-refractivity contribution in [3.8, 4) is 11.4 Å². The van der Waals surface area contributed by atoms with Gasteiger partial charge in [-0.15, -0.1) is 14.8 Å². The van der Waals surface area contributed by atoms with Crippen molar-refractivity contribution in [3.63, 3.8) is 0 Å². The molecule has 2 aliphatic rings. The molecule has 0 amide bonds. The van der Waals surface area contributed by atoms with Gasteiger partial charge in [0.05, 0.1) is 5.69 Å². The number of aryl methyl sites for hydroxylation is 1. The standard InChI is InChI=1S/C27H34N6O/c1-17(2)25-22-15-20(19-6-10-32(11-7-19)21-8-12-34-13-9-21)4-5-23(22)30-26(25)24-14-18(3)27-28-16-29-33(27)31-24/h4-5,14-17,19,21,30H,6-13H2,1-3H3. The van der Waals surface area contributed by atoms with Crippen molar-refractivity contribution >= 4 is 16.6 Å². The van der Waals surface area contributed by atoms with E-state index in [1.54, 1.807) is 11.0 Å². The molecule has 7 nitrogen and oxygen atoms in total. The predicted octanol–water partition coefficient (Wildman–Crippen LogP) is 5.06. The van der Waals surface area contributed by atoms with Crippen LogP contribution in [-0.4, -0.2) is 62.0 Å². The van der Waals surface area contributed by atoms with Crippen molar-refractivity contribution in [2.24, 2.45) is 0 Å². The molecule has 2 saturated heterocycles. The van der Waals surface area contributed by atoms with Crippen LogP contribution in [0.3, 0.4) is 0 Å². The first-order chi connectivity index (χ1) is 16.6. The Morgan fingerprint density at radius 2 is 1.85 bits per heavy atom. The molecule has 34 heavy (non-hydrogen) atoms. The Bertz CT molecular complexity index is 1310. The first-order valence-electron chi connectivity index (χ1n) is 12.7. The van der Waals surface area contributed by atoms with E-state index in [9.17, 15) is 0 Å². The summed E-state index contributed by atoms with van der Waals surface area (Å²) in [4.78, 5) is 10.7. The molecule has 7 heteroatoms. The summed E-state index contributed by atoms with van der Waals surface area (Å²) >= 11 is 0. The quantitative estimate of drug-likeness (QED) is 0.463. The first-order valence-corrected chi connectivity index (χ1v) is 12.7. The number of nitrogens with one attached hydrogen (secondary N) is 1. The number of hydrogen-bond donors (Lipinski definition) is 1. The Balaban J connectivity index is 1.32. The molecule has 3 aromatic heterocycles. The maximum absolute atomic E-state index is 5.57. The molecule has 2 fully saturated rings. The van der Waals surface area contributed by atoms with E-state index in [1.165, 1.54) is 60.8 Å². The van der Waals surface area contributed by atoms with E-state index in [4.69, 9.17) is 9.84 Å². The fourth-order valence-corrected chi connectivity index (χ4v) is 6.03. The van der Waals surface area contributed by atoms with Gasteiger partial charge in [0.25, 0.3) is 0 Å². The first kappa shape index (κ1) is 21.7. The van der Waals surface area contributed by atoms with Gasteiger partial charge in [0.2, 0.25) is 0 Å². The SMILES string of the molecule is Cc1cc(-c2[nH]c3ccc(C4CCN(C5CCOCC5)CC4)cc3c2C(C)C)nn2ncnc12. The number of aromatic amines is 1. The second-order valence-electron chi connectivity index (χ2n) is 10.3. The molecule has 6 rings (SSSR count). The van der Waals surface area contributed by atoms with Crippen LogP contribution in [0.15, 0.2) is 30.6 Å². The van der Waals surface area contributed by atoms with Crippen molar-refractivity contribution in [1.82, 2.24) is 29.7 Å². The van der Waals surface area contributed by atoms with Gasteiger partial charge in [-0.2, -0.15) is 0 Å². The average Bonchev–Trinajstić information content (AvgIpc) is 3.49. The highest BCUT2D eigenvalue weighted by Gasteiger charge is 2.28. The third-order valence-corrected chi connectivity index (χ3v) is 7.84. The minimum absolute atomic E-state index is 0.378. The second-order valence-corrected chi connectivity index (χ2v) is 10.3. The molecular weight excluding hydrogens is 424 g/mol. The van der Waals surface area contributed by atoms with Crippen LogP contribution >= 0.6 is 0 Å². The van der Waals surface area contributed by atoms with Gasteiger partial charge in [-0.1, -0.05) is 19.9 Å². The Morgan fingerprint density at radius 3 is 2.62 bits per heavy atom. The summed E-state index contributed by atoms with van der Waals surface area (Å²) in [5.74, 6) is 1.01. The maximum Gasteiger partial charge on any atom is 0.178 e. The number of nitrogens with zero attached hydrogens (tertiary/aromatic N) is 5. The summed E-state index contributed by atoms with van der Waals surface area (Å²) in [5.41, 5.74) is 7.89. The van der Waals surface area contributed by atoms with Crippen LogP contribution in [0.5, 0.6) is 0 Å². The molecule has 2 aliphatic heterocycles. The molecule has 5 heterocycles. The van der Waals surface area contributed by atoms with Crippen molar-refractivity contribution in [1.29, 1.82) is 0 Å². The number of likely N-dealkylation sites (tertiary alicyclic amines) is 1. The van der Waals surface area contributed by atoms with Gasteiger partial charge in [-0.05, 0) is 92.4 Å². The zero-order chi connectivity index (χ0) is 23.2. The van der Waals surface area contributed by atoms with Gasteiger partial charge in [0.1, 0.15) is 12.0 Å². The van der Waals surface area contributed by atoms with Crippen molar-refractivity contribution in [3.05, 3.63) is 47.3 Å². The van der Waals surface area contributed by atoms with Gasteiger partial charge in [-0.25, -0.2) is 4.98 Å². The normalized spacial score (nSPS) is 19.1. The molecular formula is C27H34N6O. The zero-order valence-corrected chi connectivity index (χ0v) is 20.4. The van der Waals surface area contributed by atoms with Crippen LogP contribution < -0.4 is 0 Å². The van der Waals surface area contributed by atoms with Crippen LogP contribution in [0, 0.1) is 6.92 Å². The van der Waals surface area contributed by atoms with E-state index < -0.39 is 0 Å². The zero-order valence-electron chi connectivity index (χ0n) is 20.4. The molecule has 0 unspecified atom stereocenters. The lowest BCUT2D eigenvalue weighted by Crippen LogP contribution is -2.43. The Labute approximate surface area is 200 Å². The van der Waals surface area contributed by atoms with E-state index in [-0.39, 0.29) is 0 Å². The van der Waals surface area contributed by atoms with Gasteiger partial charge in [-0.3, -0.25) is 0 Å². The monoisotopic (exact) mass is 458 g/mol. The minimum Gasteiger partial charge on any atom is -0.381 e. The maximum atomic E-state index is 5.57. The van der Waals surface area contributed by atoms with Crippen LogP contribution in [0.1, 0.15) is 68.1 Å². The van der Waals surface area contributed by atoms with E-state index in [0.717, 1.165) is 41.9 Å². The molecule has 178 valence electrons. The van der Waals surface area contributed by atoms with Gasteiger partial charge < -0.3 is 14.6 Å². The number of piperidine rings is 1. The van der Waals surface area contributed by atoms with Crippen molar-refractivity contribution in [2.75, 3.05) is 26.3 Å². The number of aromatic nitrogens is 5. The van der Waals surface area contributed by atoms with E-state index in [1.807, 2.05) is 0 Å². The fourth-order valence-electron chi connectivity index (χ4n) is 6.03. The molecule has 1 N–H and O–H groups in total. The summed E-state index contributed by atoms with van der Waals surface area (Å²) in [6.45, 7) is 10.9.